The number of hydrogen-bond acceptors (Lipinski definition) is 4. The summed E-state index contributed by atoms with van der Waals surface area (Å²) in [6.45, 7) is 1.46. The fraction of sp³-hybridized carbons (Fsp3) is 0.300. The van der Waals surface area contributed by atoms with Gasteiger partial charge in [-0.15, -0.1) is 0 Å². The Bertz CT molecular complexity index is 534. The van der Waals surface area contributed by atoms with E-state index in [0.717, 1.165) is 13.4 Å². The molecule has 16 heavy (non-hydrogen) atoms. The van der Waals surface area contributed by atoms with Gasteiger partial charge in [0.2, 0.25) is 0 Å². The minimum Gasteiger partial charge on any atom is -0.465 e. The lowest BCUT2D eigenvalue weighted by Gasteiger charge is -2.08. The lowest BCUT2D eigenvalue weighted by Crippen LogP contribution is -2.11. The third-order valence-electron chi connectivity index (χ3n) is 2.07. The highest BCUT2D eigenvalue weighted by Gasteiger charge is 2.23. The van der Waals surface area contributed by atoms with Crippen LogP contribution in [0.3, 0.4) is 0 Å². The van der Waals surface area contributed by atoms with Gasteiger partial charge in [-0.1, -0.05) is 6.07 Å². The highest BCUT2D eigenvalue weighted by atomic mass is 32.2. The van der Waals surface area contributed by atoms with Crippen LogP contribution in [0.15, 0.2) is 17.0 Å². The fourth-order valence-electron chi connectivity index (χ4n) is 1.38. The van der Waals surface area contributed by atoms with Crippen LogP contribution in [0.1, 0.15) is 15.9 Å². The Kier molecular flexibility index (Phi) is 3.32. The maximum absolute atomic E-state index is 13.8. The van der Waals surface area contributed by atoms with Gasteiger partial charge in [-0.05, 0) is 18.6 Å². The first-order chi connectivity index (χ1) is 7.29. The molecule has 0 aliphatic rings. The molecule has 0 radical (unpaired) electrons. The van der Waals surface area contributed by atoms with Gasteiger partial charge in [0, 0.05) is 6.26 Å². The summed E-state index contributed by atoms with van der Waals surface area (Å²) < 4.78 is 40.8. The SMILES string of the molecule is COC(=O)c1ccc(C)c(S(C)(=O)=O)c1F. The number of methoxy groups -OCH3 is 1. The van der Waals surface area contributed by atoms with Gasteiger partial charge in [0.1, 0.15) is 4.90 Å². The largest absolute Gasteiger partial charge is 0.465 e. The van der Waals surface area contributed by atoms with E-state index < -0.39 is 26.5 Å². The molecule has 0 aromatic heterocycles. The molecule has 88 valence electrons. The van der Waals surface area contributed by atoms with E-state index in [-0.39, 0.29) is 11.1 Å². The lowest BCUT2D eigenvalue weighted by atomic mass is 10.1. The number of carbonyl (C=O) groups is 1. The molecular formula is C10H11FO4S. The van der Waals surface area contributed by atoms with Gasteiger partial charge in [-0.25, -0.2) is 17.6 Å². The molecule has 0 heterocycles. The summed E-state index contributed by atoms with van der Waals surface area (Å²) in [6, 6.07) is 2.57. The molecule has 4 nitrogen and oxygen atoms in total. The van der Waals surface area contributed by atoms with Crippen LogP contribution >= 0.6 is 0 Å². The molecule has 0 aliphatic heterocycles. The molecule has 1 aromatic rings. The summed E-state index contributed by atoms with van der Waals surface area (Å²) >= 11 is 0. The summed E-state index contributed by atoms with van der Waals surface area (Å²) in [5, 5.41) is 0. The first kappa shape index (κ1) is 12.6. The number of aryl methyl sites for hydroxylation is 1. The van der Waals surface area contributed by atoms with Crippen LogP contribution < -0.4 is 0 Å². The highest BCUT2D eigenvalue weighted by molar-refractivity contribution is 7.90. The molecule has 1 rings (SSSR count). The summed E-state index contributed by atoms with van der Waals surface area (Å²) in [5.41, 5.74) is -0.124. The predicted molar refractivity (Wildman–Crippen MR) is 55.6 cm³/mol. The molecule has 0 spiro atoms. The molecule has 0 aliphatic carbocycles. The number of halogens is 1. The summed E-state index contributed by atoms with van der Waals surface area (Å²) in [6.07, 6.45) is 0.888. The van der Waals surface area contributed by atoms with E-state index in [1.807, 2.05) is 0 Å². The van der Waals surface area contributed by atoms with E-state index in [0.29, 0.717) is 0 Å². The van der Waals surface area contributed by atoms with Crippen LogP contribution in [0.4, 0.5) is 4.39 Å². The van der Waals surface area contributed by atoms with Crippen LogP contribution in [0, 0.1) is 12.7 Å². The Hall–Kier alpha value is -1.43. The Morgan fingerprint density at radius 1 is 1.38 bits per heavy atom. The van der Waals surface area contributed by atoms with E-state index in [1.54, 1.807) is 0 Å². The molecule has 0 unspecified atom stereocenters. The number of hydrogen-bond donors (Lipinski definition) is 0. The number of esters is 1. The van der Waals surface area contributed by atoms with Gasteiger partial charge < -0.3 is 4.74 Å². The average Bonchev–Trinajstić information content (AvgIpc) is 2.14. The highest BCUT2D eigenvalue weighted by Crippen LogP contribution is 2.22. The second-order valence-electron chi connectivity index (χ2n) is 3.34. The predicted octanol–water partition coefficient (Wildman–Crippen LogP) is 1.32. The average molecular weight is 246 g/mol. The molecule has 1 aromatic carbocycles. The maximum atomic E-state index is 13.8. The zero-order valence-corrected chi connectivity index (χ0v) is 9.89. The number of sulfone groups is 1. The molecular weight excluding hydrogens is 235 g/mol. The van der Waals surface area contributed by atoms with Crippen LogP contribution in [-0.4, -0.2) is 27.8 Å². The number of benzene rings is 1. The topological polar surface area (TPSA) is 60.4 Å². The molecule has 6 heteroatoms. The normalized spacial score (nSPS) is 11.2. The molecule has 0 N–H and O–H groups in total. The summed E-state index contributed by atoms with van der Waals surface area (Å²) in [7, 11) is -2.61. The second-order valence-corrected chi connectivity index (χ2v) is 5.29. The molecule has 0 bridgehead atoms. The van der Waals surface area contributed by atoms with Gasteiger partial charge in [0.15, 0.2) is 15.7 Å². The van der Waals surface area contributed by atoms with Crippen molar-refractivity contribution in [3.8, 4) is 0 Å². The first-order valence-corrected chi connectivity index (χ1v) is 6.25. The van der Waals surface area contributed by atoms with Gasteiger partial charge in [0.05, 0.1) is 12.7 Å². The van der Waals surface area contributed by atoms with Crippen molar-refractivity contribution in [2.75, 3.05) is 13.4 Å². The van der Waals surface area contributed by atoms with Crippen LogP contribution in [0.2, 0.25) is 0 Å². The van der Waals surface area contributed by atoms with E-state index in [1.165, 1.54) is 19.1 Å². The third-order valence-corrected chi connectivity index (χ3v) is 3.31. The molecule has 0 saturated heterocycles. The summed E-state index contributed by atoms with van der Waals surface area (Å²) in [4.78, 5) is 10.7. The first-order valence-electron chi connectivity index (χ1n) is 4.36. The smallest absolute Gasteiger partial charge is 0.340 e. The number of ether oxygens (including phenoxy) is 1. The zero-order chi connectivity index (χ0) is 12.5. The van der Waals surface area contributed by atoms with Gasteiger partial charge in [0.25, 0.3) is 0 Å². The standard InChI is InChI=1S/C10H11FO4S/c1-6-4-5-7(10(12)15-2)8(11)9(6)16(3,13)14/h4-5H,1-3H3. The van der Waals surface area contributed by atoms with Crippen LogP contribution in [-0.2, 0) is 14.6 Å². The lowest BCUT2D eigenvalue weighted by molar-refractivity contribution is 0.0595. The van der Waals surface area contributed by atoms with Gasteiger partial charge in [-0.2, -0.15) is 0 Å². The van der Waals surface area contributed by atoms with Gasteiger partial charge in [-0.3, -0.25) is 0 Å². The van der Waals surface area contributed by atoms with Crippen molar-refractivity contribution < 1.29 is 22.3 Å². The Morgan fingerprint density at radius 3 is 2.38 bits per heavy atom. The monoisotopic (exact) mass is 246 g/mol. The zero-order valence-electron chi connectivity index (χ0n) is 9.07. The van der Waals surface area contributed by atoms with Crippen molar-refractivity contribution in [3.63, 3.8) is 0 Å². The van der Waals surface area contributed by atoms with Crippen molar-refractivity contribution >= 4 is 15.8 Å². The third kappa shape index (κ3) is 2.21. The van der Waals surface area contributed by atoms with Crippen molar-refractivity contribution in [3.05, 3.63) is 29.1 Å². The van der Waals surface area contributed by atoms with E-state index in [4.69, 9.17) is 0 Å². The van der Waals surface area contributed by atoms with Crippen molar-refractivity contribution in [2.24, 2.45) is 0 Å². The second kappa shape index (κ2) is 4.21. The quantitative estimate of drug-likeness (QED) is 0.738. The van der Waals surface area contributed by atoms with E-state index in [9.17, 15) is 17.6 Å². The molecule has 0 fully saturated rings. The van der Waals surface area contributed by atoms with Crippen molar-refractivity contribution in [1.29, 1.82) is 0 Å². The molecule has 0 amide bonds. The van der Waals surface area contributed by atoms with Crippen molar-refractivity contribution in [1.82, 2.24) is 0 Å². The molecule has 0 atom stereocenters. The van der Waals surface area contributed by atoms with Crippen LogP contribution in [0.25, 0.3) is 0 Å². The maximum Gasteiger partial charge on any atom is 0.340 e. The molecule has 0 saturated carbocycles. The van der Waals surface area contributed by atoms with Crippen LogP contribution in [0.5, 0.6) is 0 Å². The van der Waals surface area contributed by atoms with E-state index >= 15 is 0 Å². The Morgan fingerprint density at radius 2 is 1.94 bits per heavy atom. The number of rotatable bonds is 2. The minimum absolute atomic E-state index is 0.257. The van der Waals surface area contributed by atoms with Gasteiger partial charge >= 0.3 is 5.97 Å². The minimum atomic E-state index is -3.71. The Labute approximate surface area is 93.0 Å². The fourth-order valence-corrected chi connectivity index (χ4v) is 2.46. The van der Waals surface area contributed by atoms with Crippen molar-refractivity contribution in [2.45, 2.75) is 11.8 Å². The van der Waals surface area contributed by atoms with E-state index in [2.05, 4.69) is 4.74 Å². The summed E-state index contributed by atoms with van der Waals surface area (Å²) in [5.74, 6) is -1.96. The number of carbonyl (C=O) groups excluding carboxylic acids is 1. The Balaban J connectivity index is 3.58.